The zero-order valence-corrected chi connectivity index (χ0v) is 24.6. The van der Waals surface area contributed by atoms with Gasteiger partial charge in [0.15, 0.2) is 0 Å². The van der Waals surface area contributed by atoms with Crippen LogP contribution in [0.25, 0.3) is 0 Å². The first-order chi connectivity index (χ1) is 16.7. The molecule has 0 aliphatic carbocycles. The van der Waals surface area contributed by atoms with Crippen molar-refractivity contribution >= 4 is 0 Å². The van der Waals surface area contributed by atoms with Crippen molar-refractivity contribution in [2.75, 3.05) is 14.1 Å². The Morgan fingerprint density at radius 2 is 0.706 bits per heavy atom. The molecule has 0 aromatic rings. The highest BCUT2D eigenvalue weighted by atomic mass is 15.1. The average Bonchev–Trinajstić information content (AvgIpc) is 2.83. The van der Waals surface area contributed by atoms with Crippen molar-refractivity contribution < 1.29 is 0 Å². The molecule has 0 aromatic heterocycles. The summed E-state index contributed by atoms with van der Waals surface area (Å²) in [4.78, 5) is 2.49. The van der Waals surface area contributed by atoms with Gasteiger partial charge in [0, 0.05) is 6.04 Å². The first-order valence-electron chi connectivity index (χ1n) is 16.0. The maximum absolute atomic E-state index is 2.49. The molecule has 0 saturated heterocycles. The van der Waals surface area contributed by atoms with Crippen LogP contribution in [-0.2, 0) is 0 Å². The van der Waals surface area contributed by atoms with Crippen LogP contribution in [0.3, 0.4) is 0 Å². The van der Waals surface area contributed by atoms with Gasteiger partial charge in [-0.05, 0) is 52.6 Å². The SMILES string of the molecule is CCCCC/C=C\CCCCCCCCCCCCCCC(CCCCCCCCC)N(C)C. The fourth-order valence-electron chi connectivity index (χ4n) is 5.16. The maximum atomic E-state index is 2.49. The molecule has 0 saturated carbocycles. The second-order valence-electron chi connectivity index (χ2n) is 11.3. The fourth-order valence-corrected chi connectivity index (χ4v) is 5.16. The summed E-state index contributed by atoms with van der Waals surface area (Å²) in [5.74, 6) is 0. The standard InChI is InChI=1S/C33H67N/c1-5-7-9-11-13-14-15-16-17-18-19-20-21-22-23-24-26-28-30-32-33(34(3)4)31-29-27-25-12-10-8-6-2/h13-14,33H,5-12,15-32H2,1-4H3/b14-13-. The van der Waals surface area contributed by atoms with Crippen molar-refractivity contribution in [1.29, 1.82) is 0 Å². The Bertz CT molecular complexity index is 386. The normalized spacial score (nSPS) is 12.9. The smallest absolute Gasteiger partial charge is 0.00891 e. The largest absolute Gasteiger partial charge is 0.306 e. The third-order valence-corrected chi connectivity index (χ3v) is 7.67. The molecule has 1 atom stereocenters. The number of nitrogens with zero attached hydrogens (tertiary/aromatic N) is 1. The quantitative estimate of drug-likeness (QED) is 0.0799. The van der Waals surface area contributed by atoms with Gasteiger partial charge in [-0.25, -0.2) is 0 Å². The van der Waals surface area contributed by atoms with E-state index in [1.165, 1.54) is 167 Å². The van der Waals surface area contributed by atoms with Crippen molar-refractivity contribution in [3.05, 3.63) is 12.2 Å². The molecule has 0 spiro atoms. The van der Waals surface area contributed by atoms with Crippen LogP contribution >= 0.6 is 0 Å². The molecule has 0 N–H and O–H groups in total. The van der Waals surface area contributed by atoms with Crippen molar-refractivity contribution in [2.45, 2.75) is 187 Å². The van der Waals surface area contributed by atoms with E-state index < -0.39 is 0 Å². The van der Waals surface area contributed by atoms with Crippen molar-refractivity contribution in [3.8, 4) is 0 Å². The summed E-state index contributed by atoms with van der Waals surface area (Å²) in [6.45, 7) is 4.59. The van der Waals surface area contributed by atoms with Crippen LogP contribution in [0.5, 0.6) is 0 Å². The third kappa shape index (κ3) is 26.3. The summed E-state index contributed by atoms with van der Waals surface area (Å²) in [6, 6.07) is 0.817. The molecule has 0 amide bonds. The Morgan fingerprint density at radius 1 is 0.412 bits per heavy atom. The summed E-state index contributed by atoms with van der Waals surface area (Å²) in [5, 5.41) is 0. The van der Waals surface area contributed by atoms with Gasteiger partial charge in [0.1, 0.15) is 0 Å². The van der Waals surface area contributed by atoms with E-state index >= 15 is 0 Å². The first-order valence-corrected chi connectivity index (χ1v) is 16.0. The van der Waals surface area contributed by atoms with Gasteiger partial charge < -0.3 is 4.90 Å². The van der Waals surface area contributed by atoms with Gasteiger partial charge in [0.05, 0.1) is 0 Å². The van der Waals surface area contributed by atoms with E-state index in [2.05, 4.69) is 45.0 Å². The van der Waals surface area contributed by atoms with Gasteiger partial charge in [0.2, 0.25) is 0 Å². The van der Waals surface area contributed by atoms with Crippen LogP contribution < -0.4 is 0 Å². The Kier molecular flexibility index (Phi) is 28.7. The summed E-state index contributed by atoms with van der Waals surface area (Å²) < 4.78 is 0. The summed E-state index contributed by atoms with van der Waals surface area (Å²) in [5.41, 5.74) is 0. The number of rotatable bonds is 28. The highest BCUT2D eigenvalue weighted by Gasteiger charge is 2.10. The molecule has 0 bridgehead atoms. The van der Waals surface area contributed by atoms with Crippen LogP contribution in [0.1, 0.15) is 181 Å². The predicted octanol–water partition coefficient (Wildman–Crippen LogP) is 11.7. The lowest BCUT2D eigenvalue weighted by Gasteiger charge is -2.24. The number of allylic oxidation sites excluding steroid dienone is 2. The Balaban J connectivity index is 3.35. The Hall–Kier alpha value is -0.300. The van der Waals surface area contributed by atoms with Gasteiger partial charge in [-0.1, -0.05) is 154 Å². The maximum Gasteiger partial charge on any atom is 0.00891 e. The highest BCUT2D eigenvalue weighted by molar-refractivity contribution is 4.81. The highest BCUT2D eigenvalue weighted by Crippen LogP contribution is 2.18. The monoisotopic (exact) mass is 478 g/mol. The minimum atomic E-state index is 0.817. The number of hydrogen-bond donors (Lipinski definition) is 0. The molecule has 1 nitrogen and oxygen atoms in total. The number of unbranched alkanes of at least 4 members (excludes halogenated alkanes) is 21. The summed E-state index contributed by atoms with van der Waals surface area (Å²) in [6.07, 6.45) is 41.9. The molecule has 0 fully saturated rings. The molecule has 0 radical (unpaired) electrons. The molecule has 1 unspecified atom stereocenters. The van der Waals surface area contributed by atoms with Crippen LogP contribution in [0.4, 0.5) is 0 Å². The van der Waals surface area contributed by atoms with Crippen molar-refractivity contribution in [1.82, 2.24) is 4.90 Å². The number of hydrogen-bond acceptors (Lipinski definition) is 1. The van der Waals surface area contributed by atoms with Gasteiger partial charge in [0.25, 0.3) is 0 Å². The molecule has 0 heterocycles. The molecule has 0 aliphatic rings. The second kappa shape index (κ2) is 28.9. The van der Waals surface area contributed by atoms with E-state index in [1.54, 1.807) is 0 Å². The molecular formula is C33H67N. The van der Waals surface area contributed by atoms with Gasteiger partial charge in [-0.3, -0.25) is 0 Å². The molecule has 204 valence electrons. The van der Waals surface area contributed by atoms with E-state index in [-0.39, 0.29) is 0 Å². The van der Waals surface area contributed by atoms with Gasteiger partial charge in [-0.2, -0.15) is 0 Å². The summed E-state index contributed by atoms with van der Waals surface area (Å²) >= 11 is 0. The van der Waals surface area contributed by atoms with E-state index in [9.17, 15) is 0 Å². The fraction of sp³-hybridized carbons (Fsp3) is 0.939. The second-order valence-corrected chi connectivity index (χ2v) is 11.3. The van der Waals surface area contributed by atoms with E-state index in [4.69, 9.17) is 0 Å². The molecule has 34 heavy (non-hydrogen) atoms. The zero-order chi connectivity index (χ0) is 25.0. The van der Waals surface area contributed by atoms with Crippen LogP contribution in [0.2, 0.25) is 0 Å². The summed E-state index contributed by atoms with van der Waals surface area (Å²) in [7, 11) is 4.58. The third-order valence-electron chi connectivity index (χ3n) is 7.67. The zero-order valence-electron chi connectivity index (χ0n) is 24.6. The Labute approximate surface area is 217 Å². The van der Waals surface area contributed by atoms with E-state index in [0.29, 0.717) is 0 Å². The van der Waals surface area contributed by atoms with Crippen LogP contribution in [-0.4, -0.2) is 25.0 Å². The van der Waals surface area contributed by atoms with Crippen LogP contribution in [0.15, 0.2) is 12.2 Å². The first kappa shape index (κ1) is 33.7. The molecule has 0 aliphatic heterocycles. The molecule has 1 heteroatoms. The minimum Gasteiger partial charge on any atom is -0.306 e. The lowest BCUT2D eigenvalue weighted by atomic mass is 9.99. The Morgan fingerprint density at radius 3 is 1.09 bits per heavy atom. The van der Waals surface area contributed by atoms with Gasteiger partial charge in [-0.15, -0.1) is 0 Å². The molecular weight excluding hydrogens is 410 g/mol. The topological polar surface area (TPSA) is 3.24 Å². The molecule has 0 rings (SSSR count). The molecule has 0 aromatic carbocycles. The minimum absolute atomic E-state index is 0.817. The van der Waals surface area contributed by atoms with Crippen molar-refractivity contribution in [3.63, 3.8) is 0 Å². The van der Waals surface area contributed by atoms with Crippen molar-refractivity contribution in [2.24, 2.45) is 0 Å². The van der Waals surface area contributed by atoms with E-state index in [1.807, 2.05) is 0 Å². The van der Waals surface area contributed by atoms with E-state index in [0.717, 1.165) is 6.04 Å². The lowest BCUT2D eigenvalue weighted by Crippen LogP contribution is -2.27. The van der Waals surface area contributed by atoms with Gasteiger partial charge >= 0.3 is 0 Å². The van der Waals surface area contributed by atoms with Crippen LogP contribution in [0, 0.1) is 0 Å². The lowest BCUT2D eigenvalue weighted by molar-refractivity contribution is 0.251. The average molecular weight is 478 g/mol. The predicted molar refractivity (Wildman–Crippen MR) is 158 cm³/mol.